The van der Waals surface area contributed by atoms with Gasteiger partial charge in [0.05, 0.1) is 16.6 Å². The lowest BCUT2D eigenvalue weighted by Crippen LogP contribution is -2.25. The third-order valence-electron chi connectivity index (χ3n) is 4.14. The molecular weight excluding hydrogens is 330 g/mol. The van der Waals surface area contributed by atoms with Gasteiger partial charge in [-0.15, -0.1) is 0 Å². The zero-order valence-electron chi connectivity index (χ0n) is 14.9. The number of para-hydroxylation sites is 1. The monoisotopic (exact) mass is 351 g/mol. The summed E-state index contributed by atoms with van der Waals surface area (Å²) in [6.45, 7) is 2.96. The van der Waals surface area contributed by atoms with Crippen molar-refractivity contribution >= 4 is 16.8 Å². The first-order chi connectivity index (χ1) is 12.6. The molecule has 0 atom stereocenters. The number of hydrogen-bond donors (Lipinski definition) is 1. The van der Waals surface area contributed by atoms with Gasteiger partial charge >= 0.3 is 0 Å². The van der Waals surface area contributed by atoms with Gasteiger partial charge in [-0.3, -0.25) is 14.2 Å². The molecule has 3 aromatic rings. The van der Waals surface area contributed by atoms with Crippen molar-refractivity contribution in [1.82, 2.24) is 14.9 Å². The average Bonchev–Trinajstić information content (AvgIpc) is 2.65. The molecule has 6 nitrogen and oxygen atoms in total. The Balaban J connectivity index is 1.86. The molecule has 1 amide bonds. The molecular formula is C20H21N3O3. The molecule has 0 aliphatic carbocycles. The Morgan fingerprint density at radius 2 is 1.88 bits per heavy atom. The quantitative estimate of drug-likeness (QED) is 0.693. The molecule has 0 saturated heterocycles. The van der Waals surface area contributed by atoms with Crippen LogP contribution >= 0.6 is 0 Å². The summed E-state index contributed by atoms with van der Waals surface area (Å²) in [5.74, 6) is 0.457. The second kappa shape index (κ2) is 7.93. The Bertz CT molecular complexity index is 978. The fraction of sp³-hybridized carbons (Fsp3) is 0.250. The predicted molar refractivity (Wildman–Crippen MR) is 101 cm³/mol. The molecule has 0 spiro atoms. The highest BCUT2D eigenvalue weighted by atomic mass is 16.5. The number of benzene rings is 2. The van der Waals surface area contributed by atoms with Gasteiger partial charge in [0.1, 0.15) is 5.82 Å². The summed E-state index contributed by atoms with van der Waals surface area (Å²) in [5.41, 5.74) is 1.79. The Morgan fingerprint density at radius 3 is 2.62 bits per heavy atom. The zero-order valence-corrected chi connectivity index (χ0v) is 14.9. The second-order valence-corrected chi connectivity index (χ2v) is 5.97. The minimum Gasteiger partial charge on any atom is -0.385 e. The van der Waals surface area contributed by atoms with Crippen LogP contribution in [0.15, 0.2) is 53.3 Å². The van der Waals surface area contributed by atoms with Crippen LogP contribution < -0.4 is 10.9 Å². The van der Waals surface area contributed by atoms with E-state index in [1.807, 2.05) is 18.2 Å². The lowest BCUT2D eigenvalue weighted by molar-refractivity contribution is 0.0948. The summed E-state index contributed by atoms with van der Waals surface area (Å²) in [6, 6.07) is 14.2. The van der Waals surface area contributed by atoms with E-state index in [1.165, 1.54) is 0 Å². The zero-order chi connectivity index (χ0) is 18.5. The summed E-state index contributed by atoms with van der Waals surface area (Å²) in [6.07, 6.45) is 0.762. The SMILES string of the molecule is COCCCNC(=O)c1ccc(-n2c(C)nc3ccccc3c2=O)cc1. The van der Waals surface area contributed by atoms with Crippen molar-refractivity contribution in [2.24, 2.45) is 0 Å². The summed E-state index contributed by atoms with van der Waals surface area (Å²) in [7, 11) is 1.63. The minimum atomic E-state index is -0.145. The molecule has 1 N–H and O–H groups in total. The molecule has 0 radical (unpaired) electrons. The lowest BCUT2D eigenvalue weighted by Gasteiger charge is -2.11. The largest absolute Gasteiger partial charge is 0.385 e. The molecule has 1 heterocycles. The number of nitrogens with one attached hydrogen (secondary N) is 1. The molecule has 0 fully saturated rings. The van der Waals surface area contributed by atoms with Crippen molar-refractivity contribution in [3.63, 3.8) is 0 Å². The molecule has 0 aliphatic rings. The predicted octanol–water partition coefficient (Wildman–Crippen LogP) is 2.46. The van der Waals surface area contributed by atoms with E-state index in [4.69, 9.17) is 4.74 Å². The van der Waals surface area contributed by atoms with E-state index in [9.17, 15) is 9.59 Å². The number of amides is 1. The van der Waals surface area contributed by atoms with E-state index in [0.29, 0.717) is 41.1 Å². The summed E-state index contributed by atoms with van der Waals surface area (Å²) in [4.78, 5) is 29.4. The van der Waals surface area contributed by atoms with Gasteiger partial charge in [-0.25, -0.2) is 4.98 Å². The van der Waals surface area contributed by atoms with Gasteiger partial charge in [0.2, 0.25) is 0 Å². The molecule has 26 heavy (non-hydrogen) atoms. The molecule has 3 rings (SSSR count). The van der Waals surface area contributed by atoms with Crippen molar-refractivity contribution in [2.75, 3.05) is 20.3 Å². The number of aryl methyl sites for hydroxylation is 1. The van der Waals surface area contributed by atoms with Crippen LogP contribution in [0.4, 0.5) is 0 Å². The van der Waals surface area contributed by atoms with Gasteiger partial charge in [0, 0.05) is 25.8 Å². The van der Waals surface area contributed by atoms with E-state index < -0.39 is 0 Å². The van der Waals surface area contributed by atoms with E-state index >= 15 is 0 Å². The number of aromatic nitrogens is 2. The minimum absolute atomic E-state index is 0.120. The molecule has 0 saturated carbocycles. The first-order valence-electron chi connectivity index (χ1n) is 8.48. The van der Waals surface area contributed by atoms with E-state index in [2.05, 4.69) is 10.3 Å². The number of carbonyl (C=O) groups excluding carboxylic acids is 1. The normalized spacial score (nSPS) is 10.8. The van der Waals surface area contributed by atoms with Gasteiger partial charge < -0.3 is 10.1 Å². The molecule has 1 aromatic heterocycles. The number of fused-ring (bicyclic) bond motifs is 1. The van der Waals surface area contributed by atoms with Crippen LogP contribution in [0.5, 0.6) is 0 Å². The van der Waals surface area contributed by atoms with Gasteiger partial charge in [0.25, 0.3) is 11.5 Å². The van der Waals surface area contributed by atoms with Gasteiger partial charge in [0.15, 0.2) is 0 Å². The first kappa shape index (κ1) is 17.8. The lowest BCUT2D eigenvalue weighted by atomic mass is 10.1. The highest BCUT2D eigenvalue weighted by molar-refractivity contribution is 5.94. The summed E-state index contributed by atoms with van der Waals surface area (Å²) >= 11 is 0. The fourth-order valence-corrected chi connectivity index (χ4v) is 2.83. The maximum absolute atomic E-state index is 12.8. The number of rotatable bonds is 6. The number of carbonyl (C=O) groups is 1. The Hall–Kier alpha value is -2.99. The Morgan fingerprint density at radius 1 is 1.15 bits per heavy atom. The smallest absolute Gasteiger partial charge is 0.265 e. The Kier molecular flexibility index (Phi) is 5.43. The Labute approximate surface area is 151 Å². The second-order valence-electron chi connectivity index (χ2n) is 5.97. The highest BCUT2D eigenvalue weighted by Crippen LogP contribution is 2.13. The fourth-order valence-electron chi connectivity index (χ4n) is 2.83. The molecule has 0 unspecified atom stereocenters. The van der Waals surface area contributed by atoms with Crippen molar-refractivity contribution in [3.05, 3.63) is 70.3 Å². The van der Waals surface area contributed by atoms with Crippen LogP contribution in [0.3, 0.4) is 0 Å². The van der Waals surface area contributed by atoms with Crippen molar-refractivity contribution in [3.8, 4) is 5.69 Å². The van der Waals surface area contributed by atoms with Crippen molar-refractivity contribution < 1.29 is 9.53 Å². The third-order valence-corrected chi connectivity index (χ3v) is 4.14. The summed E-state index contributed by atoms with van der Waals surface area (Å²) in [5, 5.41) is 3.41. The summed E-state index contributed by atoms with van der Waals surface area (Å²) < 4.78 is 6.52. The topological polar surface area (TPSA) is 73.2 Å². The van der Waals surface area contributed by atoms with Crippen LogP contribution in [0, 0.1) is 6.92 Å². The van der Waals surface area contributed by atoms with Crippen LogP contribution in [-0.2, 0) is 4.74 Å². The maximum Gasteiger partial charge on any atom is 0.265 e. The maximum atomic E-state index is 12.8. The third kappa shape index (κ3) is 3.65. The van der Waals surface area contributed by atoms with Crippen LogP contribution in [-0.4, -0.2) is 35.7 Å². The first-order valence-corrected chi connectivity index (χ1v) is 8.48. The molecule has 2 aromatic carbocycles. The molecule has 0 bridgehead atoms. The van der Waals surface area contributed by atoms with Gasteiger partial charge in [-0.1, -0.05) is 12.1 Å². The molecule has 134 valence electrons. The van der Waals surface area contributed by atoms with E-state index in [-0.39, 0.29) is 11.5 Å². The standard InChI is InChI=1S/C20H21N3O3/c1-14-22-18-7-4-3-6-17(18)20(25)23(14)16-10-8-15(9-11-16)19(24)21-12-5-13-26-2/h3-4,6-11H,5,12-13H2,1-2H3,(H,21,24). The van der Waals surface area contributed by atoms with Crippen LogP contribution in [0.25, 0.3) is 16.6 Å². The number of methoxy groups -OCH3 is 1. The van der Waals surface area contributed by atoms with E-state index in [0.717, 1.165) is 6.42 Å². The molecule has 6 heteroatoms. The van der Waals surface area contributed by atoms with E-state index in [1.54, 1.807) is 48.9 Å². The average molecular weight is 351 g/mol. The molecule has 0 aliphatic heterocycles. The van der Waals surface area contributed by atoms with Crippen LogP contribution in [0.2, 0.25) is 0 Å². The van der Waals surface area contributed by atoms with Crippen LogP contribution in [0.1, 0.15) is 22.6 Å². The van der Waals surface area contributed by atoms with Crippen molar-refractivity contribution in [2.45, 2.75) is 13.3 Å². The number of hydrogen-bond acceptors (Lipinski definition) is 4. The highest BCUT2D eigenvalue weighted by Gasteiger charge is 2.11. The van der Waals surface area contributed by atoms with Gasteiger partial charge in [-0.05, 0) is 49.7 Å². The number of nitrogens with zero attached hydrogens (tertiary/aromatic N) is 2. The van der Waals surface area contributed by atoms with Crippen molar-refractivity contribution in [1.29, 1.82) is 0 Å². The number of ether oxygens (including phenoxy) is 1. The van der Waals surface area contributed by atoms with Gasteiger partial charge in [-0.2, -0.15) is 0 Å².